The van der Waals surface area contributed by atoms with Gasteiger partial charge < -0.3 is 15.4 Å². The first-order chi connectivity index (χ1) is 11.1. The minimum Gasteiger partial charge on any atom is -0.377 e. The van der Waals surface area contributed by atoms with Crippen LogP contribution in [0.2, 0.25) is 0 Å². The quantitative estimate of drug-likeness (QED) is 0.294. The molecule has 0 aliphatic carbocycles. The van der Waals surface area contributed by atoms with E-state index in [4.69, 9.17) is 4.74 Å². The van der Waals surface area contributed by atoms with Crippen LogP contribution in [0.25, 0.3) is 5.65 Å². The third-order valence-corrected chi connectivity index (χ3v) is 3.71. The van der Waals surface area contributed by atoms with Crippen molar-refractivity contribution in [1.29, 1.82) is 0 Å². The molecule has 0 spiro atoms. The van der Waals surface area contributed by atoms with Crippen LogP contribution in [0.1, 0.15) is 26.1 Å². The lowest BCUT2D eigenvalue weighted by Gasteiger charge is -2.24. The number of aliphatic imine (C=N–C) groups is 1. The van der Waals surface area contributed by atoms with Crippen LogP contribution in [-0.2, 0) is 11.2 Å². The average Bonchev–Trinajstić information content (AvgIpc) is 2.97. The molecule has 0 saturated heterocycles. The lowest BCUT2D eigenvalue weighted by Crippen LogP contribution is -2.45. The molecule has 24 heavy (non-hydrogen) atoms. The Morgan fingerprint density at radius 3 is 2.79 bits per heavy atom. The number of aromatic nitrogens is 3. The fraction of sp³-hybridized carbons (Fsp3) is 0.562. The van der Waals surface area contributed by atoms with Gasteiger partial charge in [0.1, 0.15) is 5.82 Å². The van der Waals surface area contributed by atoms with Crippen molar-refractivity contribution in [3.8, 4) is 0 Å². The van der Waals surface area contributed by atoms with Crippen LogP contribution in [0.3, 0.4) is 0 Å². The van der Waals surface area contributed by atoms with Gasteiger partial charge in [0.2, 0.25) is 0 Å². The molecule has 0 fully saturated rings. The Morgan fingerprint density at radius 2 is 2.08 bits per heavy atom. The van der Waals surface area contributed by atoms with Crippen molar-refractivity contribution in [2.75, 3.05) is 27.2 Å². The van der Waals surface area contributed by atoms with Gasteiger partial charge in [-0.25, -0.2) is 0 Å². The third-order valence-electron chi connectivity index (χ3n) is 3.71. The fourth-order valence-corrected chi connectivity index (χ4v) is 2.10. The number of hydrogen-bond donors (Lipinski definition) is 2. The summed E-state index contributed by atoms with van der Waals surface area (Å²) in [6, 6.07) is 5.91. The van der Waals surface area contributed by atoms with E-state index in [2.05, 4.69) is 25.8 Å². The standard InChI is InChI=1S/C16H26N6O.HI/c1-16(2,23-4)12-19-15(17-3)18-10-7-9-14-21-20-13-8-5-6-11-22(13)14;/h5-6,8,11H,7,9-10,12H2,1-4H3,(H2,17,18,19);1H. The Morgan fingerprint density at radius 1 is 1.29 bits per heavy atom. The Labute approximate surface area is 160 Å². The molecule has 2 N–H and O–H groups in total. The van der Waals surface area contributed by atoms with Crippen molar-refractivity contribution in [2.24, 2.45) is 4.99 Å². The van der Waals surface area contributed by atoms with E-state index in [0.717, 1.165) is 36.8 Å². The van der Waals surface area contributed by atoms with Gasteiger partial charge in [-0.2, -0.15) is 0 Å². The number of methoxy groups -OCH3 is 1. The van der Waals surface area contributed by atoms with E-state index in [0.29, 0.717) is 6.54 Å². The molecule has 0 bridgehead atoms. The molecule has 0 aliphatic rings. The third kappa shape index (κ3) is 5.90. The smallest absolute Gasteiger partial charge is 0.191 e. The summed E-state index contributed by atoms with van der Waals surface area (Å²) in [6.07, 6.45) is 3.80. The van der Waals surface area contributed by atoms with E-state index in [1.54, 1.807) is 14.2 Å². The number of nitrogens with one attached hydrogen (secondary N) is 2. The van der Waals surface area contributed by atoms with Crippen LogP contribution in [0.5, 0.6) is 0 Å². The molecular weight excluding hydrogens is 419 g/mol. The fourth-order valence-electron chi connectivity index (χ4n) is 2.10. The minimum absolute atomic E-state index is 0. The lowest BCUT2D eigenvalue weighted by atomic mass is 10.1. The first-order valence-electron chi connectivity index (χ1n) is 7.84. The van der Waals surface area contributed by atoms with Gasteiger partial charge in [-0.05, 0) is 32.4 Å². The Bertz CT molecular complexity index is 655. The zero-order valence-electron chi connectivity index (χ0n) is 14.7. The molecule has 2 rings (SSSR count). The van der Waals surface area contributed by atoms with Gasteiger partial charge in [0.15, 0.2) is 11.6 Å². The maximum atomic E-state index is 5.38. The second-order valence-corrected chi connectivity index (χ2v) is 5.96. The number of ether oxygens (including phenoxy) is 1. The number of pyridine rings is 1. The molecular formula is C16H27IN6O. The van der Waals surface area contributed by atoms with Crippen molar-refractivity contribution in [3.05, 3.63) is 30.2 Å². The molecule has 2 heterocycles. The van der Waals surface area contributed by atoms with E-state index >= 15 is 0 Å². The van der Waals surface area contributed by atoms with Crippen LogP contribution in [0.15, 0.2) is 29.4 Å². The average molecular weight is 446 g/mol. The van der Waals surface area contributed by atoms with Crippen LogP contribution in [0.4, 0.5) is 0 Å². The van der Waals surface area contributed by atoms with E-state index in [9.17, 15) is 0 Å². The van der Waals surface area contributed by atoms with E-state index in [1.807, 2.05) is 42.6 Å². The molecule has 2 aromatic rings. The summed E-state index contributed by atoms with van der Waals surface area (Å²) < 4.78 is 7.41. The number of nitrogens with zero attached hydrogens (tertiary/aromatic N) is 4. The van der Waals surface area contributed by atoms with Gasteiger partial charge in [0, 0.05) is 39.9 Å². The molecule has 0 saturated carbocycles. The minimum atomic E-state index is -0.224. The number of aryl methyl sites for hydroxylation is 1. The largest absolute Gasteiger partial charge is 0.377 e. The summed E-state index contributed by atoms with van der Waals surface area (Å²) in [7, 11) is 3.47. The summed E-state index contributed by atoms with van der Waals surface area (Å²) in [4.78, 5) is 4.22. The first kappa shape index (κ1) is 20.6. The number of guanidine groups is 1. The molecule has 134 valence electrons. The van der Waals surface area contributed by atoms with Crippen molar-refractivity contribution in [3.63, 3.8) is 0 Å². The number of hydrogen-bond acceptors (Lipinski definition) is 4. The lowest BCUT2D eigenvalue weighted by molar-refractivity contribution is 0.0268. The Kier molecular flexibility index (Phi) is 8.40. The second-order valence-electron chi connectivity index (χ2n) is 5.96. The molecule has 7 nitrogen and oxygen atoms in total. The summed E-state index contributed by atoms with van der Waals surface area (Å²) >= 11 is 0. The maximum absolute atomic E-state index is 5.38. The van der Waals surface area contributed by atoms with Gasteiger partial charge in [-0.15, -0.1) is 34.2 Å². The molecule has 2 aromatic heterocycles. The van der Waals surface area contributed by atoms with Gasteiger partial charge in [-0.1, -0.05) is 6.07 Å². The van der Waals surface area contributed by atoms with Crippen molar-refractivity contribution >= 4 is 35.6 Å². The number of fused-ring (bicyclic) bond motifs is 1. The van der Waals surface area contributed by atoms with Crippen LogP contribution < -0.4 is 10.6 Å². The highest BCUT2D eigenvalue weighted by Crippen LogP contribution is 2.05. The van der Waals surface area contributed by atoms with Crippen molar-refractivity contribution in [2.45, 2.75) is 32.3 Å². The molecule has 0 aliphatic heterocycles. The van der Waals surface area contributed by atoms with Gasteiger partial charge in [-0.3, -0.25) is 9.39 Å². The predicted molar refractivity (Wildman–Crippen MR) is 107 cm³/mol. The molecule has 0 unspecified atom stereocenters. The topological polar surface area (TPSA) is 75.8 Å². The van der Waals surface area contributed by atoms with Crippen LogP contribution in [0, 0.1) is 0 Å². The van der Waals surface area contributed by atoms with E-state index in [1.165, 1.54) is 0 Å². The maximum Gasteiger partial charge on any atom is 0.191 e. The summed E-state index contributed by atoms with van der Waals surface area (Å²) in [5.41, 5.74) is 0.660. The monoisotopic (exact) mass is 446 g/mol. The Hall–Kier alpha value is -1.42. The zero-order chi connectivity index (χ0) is 16.7. The molecule has 8 heteroatoms. The molecule has 0 atom stereocenters. The summed E-state index contributed by atoms with van der Waals surface area (Å²) in [6.45, 7) is 5.57. The molecule has 0 amide bonds. The number of rotatable bonds is 7. The highest BCUT2D eigenvalue weighted by Gasteiger charge is 2.16. The van der Waals surface area contributed by atoms with E-state index < -0.39 is 0 Å². The highest BCUT2D eigenvalue weighted by atomic mass is 127. The van der Waals surface area contributed by atoms with Crippen LogP contribution in [-0.4, -0.2) is 53.4 Å². The van der Waals surface area contributed by atoms with Gasteiger partial charge in [0.25, 0.3) is 0 Å². The second kappa shape index (κ2) is 9.77. The molecule has 0 aromatic carbocycles. The zero-order valence-corrected chi connectivity index (χ0v) is 17.1. The number of halogens is 1. The van der Waals surface area contributed by atoms with Crippen molar-refractivity contribution in [1.82, 2.24) is 25.2 Å². The highest BCUT2D eigenvalue weighted by molar-refractivity contribution is 14.0. The first-order valence-corrected chi connectivity index (χ1v) is 7.84. The summed E-state index contributed by atoms with van der Waals surface area (Å²) in [5.74, 6) is 1.76. The molecule has 0 radical (unpaired) electrons. The Balaban J connectivity index is 0.00000288. The van der Waals surface area contributed by atoms with Crippen molar-refractivity contribution < 1.29 is 4.74 Å². The normalized spacial score (nSPS) is 12.1. The van der Waals surface area contributed by atoms with Crippen LogP contribution >= 0.6 is 24.0 Å². The van der Waals surface area contributed by atoms with Gasteiger partial charge in [0.05, 0.1) is 5.60 Å². The van der Waals surface area contributed by atoms with Gasteiger partial charge >= 0.3 is 0 Å². The SMILES string of the molecule is CN=C(NCCCc1nnc2ccccn12)NCC(C)(C)OC.I. The predicted octanol–water partition coefficient (Wildman–Crippen LogP) is 1.87. The van der Waals surface area contributed by atoms with E-state index in [-0.39, 0.29) is 29.6 Å². The summed E-state index contributed by atoms with van der Waals surface area (Å²) in [5, 5.41) is 15.0.